The number of sulfonamides is 1. The highest BCUT2D eigenvalue weighted by atomic mass is 35.5. The molecule has 1 aromatic heterocycles. The average Bonchev–Trinajstić information content (AvgIpc) is 2.98. The van der Waals surface area contributed by atoms with E-state index in [2.05, 4.69) is 10.00 Å². The number of para-hydroxylation sites is 1. The van der Waals surface area contributed by atoms with Gasteiger partial charge in [-0.3, -0.25) is 9.48 Å². The molecule has 31 heavy (non-hydrogen) atoms. The number of hydrogen-bond acceptors (Lipinski definition) is 5. The van der Waals surface area contributed by atoms with Crippen LogP contribution in [-0.2, 0) is 17.1 Å². The number of piperazine rings is 1. The quantitative estimate of drug-likeness (QED) is 0.693. The molecule has 0 N–H and O–H groups in total. The summed E-state index contributed by atoms with van der Waals surface area (Å²) in [7, 11) is -2.24. The number of carbonyl (C=O) groups is 1. The van der Waals surface area contributed by atoms with Crippen LogP contribution >= 0.6 is 11.6 Å². The van der Waals surface area contributed by atoms with E-state index in [1.165, 1.54) is 15.2 Å². The van der Waals surface area contributed by atoms with Crippen molar-refractivity contribution in [3.05, 3.63) is 41.0 Å². The summed E-state index contributed by atoms with van der Waals surface area (Å²) in [4.78, 5) is 17.0. The summed E-state index contributed by atoms with van der Waals surface area (Å²) in [6, 6.07) is 7.55. The maximum Gasteiger partial charge on any atom is 0.263 e. The highest BCUT2D eigenvalue weighted by Gasteiger charge is 2.36. The van der Waals surface area contributed by atoms with Gasteiger partial charge in [-0.05, 0) is 25.0 Å². The van der Waals surface area contributed by atoms with Gasteiger partial charge in [-0.15, -0.1) is 0 Å². The molecule has 10 heteroatoms. The van der Waals surface area contributed by atoms with Gasteiger partial charge in [0.25, 0.3) is 15.9 Å². The number of benzene rings is 1. The highest BCUT2D eigenvalue weighted by Crippen LogP contribution is 2.28. The van der Waals surface area contributed by atoms with Crippen LogP contribution < -0.4 is 4.90 Å². The molecule has 0 radical (unpaired) electrons. The smallest absolute Gasteiger partial charge is 0.263 e. The Balaban J connectivity index is 1.53. The molecule has 0 atom stereocenters. The van der Waals surface area contributed by atoms with E-state index in [4.69, 9.17) is 11.6 Å². The standard InChI is InChI=1S/C21H28ClN5O3S/c1-24-16-17(21(28)26-10-6-2-3-7-11-26)20(23-24)31(29,30)27-14-12-25(13-15-27)19-9-5-4-8-18(19)22/h4-5,8-9,16H,2-3,6-7,10-15H2,1H3. The van der Waals surface area contributed by atoms with Crippen molar-refractivity contribution in [2.45, 2.75) is 30.7 Å². The fourth-order valence-corrected chi connectivity index (χ4v) is 6.04. The third-order valence-electron chi connectivity index (χ3n) is 5.93. The fraction of sp³-hybridized carbons (Fsp3) is 0.524. The second kappa shape index (κ2) is 9.18. The Morgan fingerprint density at radius 2 is 1.61 bits per heavy atom. The third kappa shape index (κ3) is 4.58. The Morgan fingerprint density at radius 3 is 2.26 bits per heavy atom. The summed E-state index contributed by atoms with van der Waals surface area (Å²) in [5, 5.41) is 4.70. The van der Waals surface area contributed by atoms with Crippen molar-refractivity contribution < 1.29 is 13.2 Å². The van der Waals surface area contributed by atoms with Gasteiger partial charge in [0.15, 0.2) is 0 Å². The topological polar surface area (TPSA) is 78.8 Å². The second-order valence-corrected chi connectivity index (χ2v) is 10.3. The number of aromatic nitrogens is 2. The first-order valence-electron chi connectivity index (χ1n) is 10.7. The molecule has 1 amide bonds. The number of anilines is 1. The lowest BCUT2D eigenvalue weighted by atomic mass is 10.2. The lowest BCUT2D eigenvalue weighted by molar-refractivity contribution is 0.0757. The molecule has 0 saturated carbocycles. The van der Waals surface area contributed by atoms with Crippen LogP contribution in [0.5, 0.6) is 0 Å². The molecular formula is C21H28ClN5O3S. The maximum absolute atomic E-state index is 13.4. The zero-order chi connectivity index (χ0) is 22.0. The number of halogens is 1. The number of amides is 1. The molecule has 2 aliphatic heterocycles. The Labute approximate surface area is 188 Å². The van der Waals surface area contributed by atoms with Gasteiger partial charge < -0.3 is 9.80 Å². The third-order valence-corrected chi connectivity index (χ3v) is 8.09. The molecule has 3 heterocycles. The van der Waals surface area contributed by atoms with Gasteiger partial charge in [0.05, 0.1) is 16.3 Å². The van der Waals surface area contributed by atoms with E-state index in [1.807, 2.05) is 24.3 Å². The van der Waals surface area contributed by atoms with Crippen LogP contribution in [0.15, 0.2) is 35.5 Å². The summed E-state index contributed by atoms with van der Waals surface area (Å²) in [5.41, 5.74) is 1.06. The minimum absolute atomic E-state index is 0.143. The fourth-order valence-electron chi connectivity index (χ4n) is 4.25. The van der Waals surface area contributed by atoms with Crippen LogP contribution in [0.25, 0.3) is 0 Å². The van der Waals surface area contributed by atoms with Gasteiger partial charge in [-0.2, -0.15) is 9.40 Å². The molecule has 4 rings (SSSR count). The van der Waals surface area contributed by atoms with Crippen molar-refractivity contribution in [3.8, 4) is 0 Å². The van der Waals surface area contributed by atoms with Crippen molar-refractivity contribution in [2.75, 3.05) is 44.2 Å². The van der Waals surface area contributed by atoms with Gasteiger partial charge in [-0.1, -0.05) is 36.6 Å². The van der Waals surface area contributed by atoms with Crippen LogP contribution in [0, 0.1) is 0 Å². The molecule has 0 unspecified atom stereocenters. The lowest BCUT2D eigenvalue weighted by Gasteiger charge is -2.35. The Hall–Kier alpha value is -2.10. The van der Waals surface area contributed by atoms with Crippen LogP contribution in [0.1, 0.15) is 36.0 Å². The molecule has 168 valence electrons. The maximum atomic E-state index is 13.4. The molecule has 0 bridgehead atoms. The second-order valence-electron chi connectivity index (χ2n) is 8.07. The van der Waals surface area contributed by atoms with Gasteiger partial charge in [0.1, 0.15) is 0 Å². The largest absolute Gasteiger partial charge is 0.368 e. The summed E-state index contributed by atoms with van der Waals surface area (Å²) in [6.45, 7) is 2.97. The molecule has 0 aliphatic carbocycles. The Bertz CT molecular complexity index is 1040. The first-order chi connectivity index (χ1) is 14.9. The van der Waals surface area contributed by atoms with Gasteiger partial charge in [0.2, 0.25) is 5.03 Å². The monoisotopic (exact) mass is 465 g/mol. The minimum atomic E-state index is -3.89. The average molecular weight is 466 g/mol. The minimum Gasteiger partial charge on any atom is -0.368 e. The zero-order valence-corrected chi connectivity index (χ0v) is 19.3. The number of nitrogens with zero attached hydrogens (tertiary/aromatic N) is 5. The molecule has 2 saturated heterocycles. The van der Waals surface area contributed by atoms with E-state index >= 15 is 0 Å². The van der Waals surface area contributed by atoms with Gasteiger partial charge >= 0.3 is 0 Å². The predicted molar refractivity (Wildman–Crippen MR) is 120 cm³/mol. The number of carbonyl (C=O) groups excluding carboxylic acids is 1. The Kier molecular flexibility index (Phi) is 6.55. The van der Waals surface area contributed by atoms with E-state index in [9.17, 15) is 13.2 Å². The SMILES string of the molecule is Cn1cc(C(=O)N2CCCCCC2)c(S(=O)(=O)N2CCN(c3ccccc3Cl)CC2)n1. The number of likely N-dealkylation sites (tertiary alicyclic amines) is 1. The van der Waals surface area contributed by atoms with Crippen molar-refractivity contribution in [1.29, 1.82) is 0 Å². The predicted octanol–water partition coefficient (Wildman–Crippen LogP) is 2.60. The van der Waals surface area contributed by atoms with Crippen LogP contribution in [-0.4, -0.2) is 72.6 Å². The van der Waals surface area contributed by atoms with E-state index in [-0.39, 0.29) is 16.5 Å². The first-order valence-corrected chi connectivity index (χ1v) is 12.5. The summed E-state index contributed by atoms with van der Waals surface area (Å²) >= 11 is 6.30. The van der Waals surface area contributed by atoms with E-state index in [0.717, 1.165) is 31.4 Å². The van der Waals surface area contributed by atoms with E-state index < -0.39 is 10.0 Å². The van der Waals surface area contributed by atoms with Crippen molar-refractivity contribution >= 4 is 33.2 Å². The molecule has 2 aliphatic rings. The summed E-state index contributed by atoms with van der Waals surface area (Å²) in [6.07, 6.45) is 5.60. The zero-order valence-electron chi connectivity index (χ0n) is 17.7. The van der Waals surface area contributed by atoms with Crippen molar-refractivity contribution in [3.63, 3.8) is 0 Å². The lowest BCUT2D eigenvalue weighted by Crippen LogP contribution is -2.49. The van der Waals surface area contributed by atoms with Crippen LogP contribution in [0.4, 0.5) is 5.69 Å². The van der Waals surface area contributed by atoms with Crippen LogP contribution in [0.3, 0.4) is 0 Å². The van der Waals surface area contributed by atoms with Gasteiger partial charge in [0, 0.05) is 52.5 Å². The molecule has 2 aromatic rings. The van der Waals surface area contributed by atoms with Gasteiger partial charge in [-0.25, -0.2) is 8.42 Å². The molecule has 8 nitrogen and oxygen atoms in total. The van der Waals surface area contributed by atoms with Crippen LogP contribution in [0.2, 0.25) is 5.02 Å². The molecule has 2 fully saturated rings. The number of rotatable bonds is 4. The van der Waals surface area contributed by atoms with E-state index in [1.54, 1.807) is 11.9 Å². The van der Waals surface area contributed by atoms with Crippen molar-refractivity contribution in [2.24, 2.45) is 7.05 Å². The molecule has 1 aromatic carbocycles. The Morgan fingerprint density at radius 1 is 0.968 bits per heavy atom. The van der Waals surface area contributed by atoms with E-state index in [0.29, 0.717) is 44.3 Å². The molecular weight excluding hydrogens is 438 g/mol. The normalized spacial score (nSPS) is 18.8. The highest BCUT2D eigenvalue weighted by molar-refractivity contribution is 7.89. The summed E-state index contributed by atoms with van der Waals surface area (Å²) < 4.78 is 29.7. The summed E-state index contributed by atoms with van der Waals surface area (Å²) in [5.74, 6) is -0.247. The number of hydrogen-bond donors (Lipinski definition) is 0. The first kappa shape index (κ1) is 22.1. The number of aryl methyl sites for hydroxylation is 1. The van der Waals surface area contributed by atoms with Crippen molar-refractivity contribution in [1.82, 2.24) is 19.0 Å². The molecule has 0 spiro atoms.